The van der Waals surface area contributed by atoms with Gasteiger partial charge in [0.2, 0.25) is 0 Å². The Kier molecular flexibility index (Phi) is 5.22. The highest BCUT2D eigenvalue weighted by Crippen LogP contribution is 2.19. The highest BCUT2D eigenvalue weighted by molar-refractivity contribution is 6.25. The Morgan fingerprint density at radius 3 is 2.60 bits per heavy atom. The van der Waals surface area contributed by atoms with E-state index in [2.05, 4.69) is 0 Å². The predicted molar refractivity (Wildman–Crippen MR) is 62.2 cm³/mol. The monoisotopic (exact) mass is 226 g/mol. The molecule has 0 bridgehead atoms. The first-order valence-corrected chi connectivity index (χ1v) is 5.37. The Hall–Kier alpha value is -0.990. The van der Waals surface area contributed by atoms with Crippen LogP contribution in [-0.4, -0.2) is 11.7 Å². The predicted octanol–water partition coefficient (Wildman–Crippen LogP) is 3.26. The van der Waals surface area contributed by atoms with Crippen LogP contribution in [0.3, 0.4) is 0 Å². The van der Waals surface area contributed by atoms with Gasteiger partial charge in [-0.3, -0.25) is 0 Å². The Balaban J connectivity index is 2.56. The number of aliphatic hydroxyl groups is 1. The molecular formula is C12H15ClO2. The Labute approximate surface area is 95.1 Å². The zero-order valence-corrected chi connectivity index (χ0v) is 9.45. The van der Waals surface area contributed by atoms with E-state index in [1.807, 2.05) is 31.2 Å². The fraction of sp³-hybridized carbons (Fsp3) is 0.333. The molecule has 1 aromatic carbocycles. The van der Waals surface area contributed by atoms with Crippen molar-refractivity contribution in [3.63, 3.8) is 0 Å². The van der Waals surface area contributed by atoms with E-state index >= 15 is 0 Å². The molecular weight excluding hydrogens is 212 g/mol. The molecule has 0 aromatic heterocycles. The summed E-state index contributed by atoms with van der Waals surface area (Å²) < 4.78 is 5.36. The average molecular weight is 227 g/mol. The molecule has 0 aliphatic carbocycles. The first-order valence-electron chi connectivity index (χ1n) is 4.94. The second-order valence-corrected chi connectivity index (χ2v) is 3.42. The molecule has 2 nitrogen and oxygen atoms in total. The molecule has 0 radical (unpaired) electrons. The third kappa shape index (κ3) is 3.94. The van der Waals surface area contributed by atoms with Gasteiger partial charge in [-0.1, -0.05) is 30.7 Å². The summed E-state index contributed by atoms with van der Waals surface area (Å²) >= 11 is 5.36. The van der Waals surface area contributed by atoms with Gasteiger partial charge in [0.25, 0.3) is 0 Å². The largest absolute Gasteiger partial charge is 0.490 e. The highest BCUT2D eigenvalue weighted by atomic mass is 35.5. The normalized spacial score (nSPS) is 13.0. The van der Waals surface area contributed by atoms with Crippen LogP contribution in [-0.2, 0) is 0 Å². The number of hydrogen-bond acceptors (Lipinski definition) is 2. The van der Waals surface area contributed by atoms with Crippen molar-refractivity contribution in [3.05, 3.63) is 41.4 Å². The van der Waals surface area contributed by atoms with Crippen molar-refractivity contribution in [1.29, 1.82) is 0 Å². The second-order valence-electron chi connectivity index (χ2n) is 3.17. The molecule has 1 atom stereocenters. The van der Waals surface area contributed by atoms with E-state index in [9.17, 15) is 5.11 Å². The minimum Gasteiger partial charge on any atom is -0.490 e. The van der Waals surface area contributed by atoms with Gasteiger partial charge in [-0.05, 0) is 30.2 Å². The number of halogens is 1. The maximum Gasteiger partial charge on any atom is 0.119 e. The van der Waals surface area contributed by atoms with Crippen LogP contribution in [0.4, 0.5) is 0 Å². The molecule has 0 saturated heterocycles. The molecule has 1 N–H and O–H groups in total. The molecule has 1 unspecified atom stereocenters. The van der Waals surface area contributed by atoms with E-state index in [0.717, 1.165) is 17.7 Å². The van der Waals surface area contributed by atoms with Crippen LogP contribution >= 0.6 is 11.6 Å². The summed E-state index contributed by atoms with van der Waals surface area (Å²) in [6.07, 6.45) is 2.05. The lowest BCUT2D eigenvalue weighted by atomic mass is 10.1. The molecule has 0 heterocycles. The zero-order chi connectivity index (χ0) is 11.1. The van der Waals surface area contributed by atoms with Gasteiger partial charge >= 0.3 is 0 Å². The van der Waals surface area contributed by atoms with Gasteiger partial charge in [-0.2, -0.15) is 0 Å². The SMILES string of the molecule is CCC(O)c1ccc(OC/C=C/Cl)cc1. The van der Waals surface area contributed by atoms with Crippen molar-refractivity contribution >= 4 is 11.6 Å². The van der Waals surface area contributed by atoms with Crippen molar-refractivity contribution < 1.29 is 9.84 Å². The summed E-state index contributed by atoms with van der Waals surface area (Å²) in [5.74, 6) is 0.775. The van der Waals surface area contributed by atoms with Crippen LogP contribution in [0, 0.1) is 0 Å². The molecule has 0 aliphatic heterocycles. The molecule has 1 rings (SSSR count). The van der Waals surface area contributed by atoms with E-state index < -0.39 is 0 Å². The van der Waals surface area contributed by atoms with E-state index in [1.54, 1.807) is 6.08 Å². The summed E-state index contributed by atoms with van der Waals surface area (Å²) in [4.78, 5) is 0. The van der Waals surface area contributed by atoms with Crippen molar-refractivity contribution in [3.8, 4) is 5.75 Å². The molecule has 3 heteroatoms. The quantitative estimate of drug-likeness (QED) is 0.835. The van der Waals surface area contributed by atoms with Gasteiger partial charge in [0.1, 0.15) is 12.4 Å². The van der Waals surface area contributed by atoms with Crippen LogP contribution in [0.15, 0.2) is 35.9 Å². The molecule has 0 spiro atoms. The Morgan fingerprint density at radius 1 is 1.40 bits per heavy atom. The van der Waals surface area contributed by atoms with Gasteiger partial charge in [0.15, 0.2) is 0 Å². The molecule has 0 fully saturated rings. The lowest BCUT2D eigenvalue weighted by Gasteiger charge is -2.09. The van der Waals surface area contributed by atoms with Crippen LogP contribution in [0.2, 0.25) is 0 Å². The van der Waals surface area contributed by atoms with E-state index in [0.29, 0.717) is 6.61 Å². The zero-order valence-electron chi connectivity index (χ0n) is 8.69. The number of ether oxygens (including phenoxy) is 1. The number of hydrogen-bond donors (Lipinski definition) is 1. The van der Waals surface area contributed by atoms with Crippen LogP contribution in [0.25, 0.3) is 0 Å². The van der Waals surface area contributed by atoms with Crippen LogP contribution in [0.1, 0.15) is 25.0 Å². The fourth-order valence-corrected chi connectivity index (χ4v) is 1.28. The summed E-state index contributed by atoms with van der Waals surface area (Å²) in [6, 6.07) is 7.42. The van der Waals surface area contributed by atoms with Gasteiger partial charge in [-0.15, -0.1) is 0 Å². The van der Waals surface area contributed by atoms with Crippen molar-refractivity contribution in [2.45, 2.75) is 19.4 Å². The summed E-state index contributed by atoms with van der Waals surface area (Å²) in [5, 5.41) is 9.56. The van der Waals surface area contributed by atoms with Crippen molar-refractivity contribution in [2.24, 2.45) is 0 Å². The standard InChI is InChI=1S/C12H15ClO2/c1-2-12(14)10-4-6-11(7-5-10)15-9-3-8-13/h3-8,12,14H,2,9H2,1H3/b8-3+. The molecule has 0 amide bonds. The minimum atomic E-state index is -0.387. The Bertz CT molecular complexity index is 306. The molecule has 82 valence electrons. The molecule has 15 heavy (non-hydrogen) atoms. The maximum absolute atomic E-state index is 9.56. The maximum atomic E-state index is 9.56. The molecule has 1 aromatic rings. The number of aliphatic hydroxyl groups excluding tert-OH is 1. The number of benzene rings is 1. The van der Waals surface area contributed by atoms with Crippen molar-refractivity contribution in [2.75, 3.05) is 6.61 Å². The van der Waals surface area contributed by atoms with E-state index in [1.165, 1.54) is 5.54 Å². The highest BCUT2D eigenvalue weighted by Gasteiger charge is 2.03. The summed E-state index contributed by atoms with van der Waals surface area (Å²) in [6.45, 7) is 2.40. The van der Waals surface area contributed by atoms with E-state index in [-0.39, 0.29) is 6.10 Å². The lowest BCUT2D eigenvalue weighted by molar-refractivity contribution is 0.173. The summed E-state index contributed by atoms with van der Waals surface area (Å²) in [7, 11) is 0. The topological polar surface area (TPSA) is 29.5 Å². The first-order chi connectivity index (χ1) is 7.27. The Morgan fingerprint density at radius 2 is 2.07 bits per heavy atom. The van der Waals surface area contributed by atoms with Crippen LogP contribution < -0.4 is 4.74 Å². The van der Waals surface area contributed by atoms with Gasteiger partial charge < -0.3 is 9.84 Å². The van der Waals surface area contributed by atoms with Gasteiger partial charge in [0.05, 0.1) is 6.10 Å². The summed E-state index contributed by atoms with van der Waals surface area (Å²) in [5.41, 5.74) is 2.34. The number of rotatable bonds is 5. The first kappa shape index (κ1) is 12.1. The van der Waals surface area contributed by atoms with Crippen LogP contribution in [0.5, 0.6) is 5.75 Å². The molecule has 0 saturated carbocycles. The smallest absolute Gasteiger partial charge is 0.119 e. The third-order valence-electron chi connectivity index (χ3n) is 2.09. The van der Waals surface area contributed by atoms with E-state index in [4.69, 9.17) is 16.3 Å². The molecule has 0 aliphatic rings. The fourth-order valence-electron chi connectivity index (χ4n) is 1.20. The third-order valence-corrected chi connectivity index (χ3v) is 2.27. The average Bonchev–Trinajstić information content (AvgIpc) is 2.29. The minimum absolute atomic E-state index is 0.387. The lowest BCUT2D eigenvalue weighted by Crippen LogP contribution is -1.96. The van der Waals surface area contributed by atoms with Gasteiger partial charge in [0, 0.05) is 5.54 Å². The van der Waals surface area contributed by atoms with Crippen molar-refractivity contribution in [1.82, 2.24) is 0 Å². The van der Waals surface area contributed by atoms with Gasteiger partial charge in [-0.25, -0.2) is 0 Å². The second kappa shape index (κ2) is 6.49.